The van der Waals surface area contributed by atoms with Gasteiger partial charge >= 0.3 is 6.09 Å². The first kappa shape index (κ1) is 20.0. The molecule has 0 aromatic heterocycles. The van der Waals surface area contributed by atoms with Crippen LogP contribution in [0.1, 0.15) is 25.3 Å². The monoisotopic (exact) mass is 362 g/mol. The lowest BCUT2D eigenvalue weighted by molar-refractivity contribution is -0.122. The summed E-state index contributed by atoms with van der Waals surface area (Å²) in [5.74, 6) is -0.00142. The van der Waals surface area contributed by atoms with Crippen molar-refractivity contribution in [3.63, 3.8) is 0 Å². The van der Waals surface area contributed by atoms with E-state index in [9.17, 15) is 9.59 Å². The highest BCUT2D eigenvalue weighted by molar-refractivity contribution is 5.78. The fourth-order valence-electron chi connectivity index (χ4n) is 3.03. The van der Waals surface area contributed by atoms with Crippen LogP contribution in [0.3, 0.4) is 0 Å². The lowest BCUT2D eigenvalue weighted by atomic mass is 10.1. The van der Waals surface area contributed by atoms with Crippen LogP contribution in [0.25, 0.3) is 0 Å². The summed E-state index contributed by atoms with van der Waals surface area (Å²) in [5, 5.41) is 5.82. The lowest BCUT2D eigenvalue weighted by Gasteiger charge is -2.32. The molecule has 144 valence electrons. The van der Waals surface area contributed by atoms with Crippen molar-refractivity contribution in [1.29, 1.82) is 0 Å². The second kappa shape index (κ2) is 10.0. The van der Waals surface area contributed by atoms with Crippen molar-refractivity contribution < 1.29 is 14.3 Å². The number of piperidine rings is 1. The number of nitrogens with one attached hydrogen (secondary N) is 2. The summed E-state index contributed by atoms with van der Waals surface area (Å²) in [6.07, 6.45) is 1.48. The van der Waals surface area contributed by atoms with E-state index in [1.165, 1.54) is 0 Å². The summed E-state index contributed by atoms with van der Waals surface area (Å²) in [6.45, 7) is 4.54. The Balaban J connectivity index is 1.73. The second-order valence-electron chi connectivity index (χ2n) is 6.78. The third kappa shape index (κ3) is 6.55. The molecule has 0 saturated carbocycles. The predicted molar refractivity (Wildman–Crippen MR) is 102 cm³/mol. The number of rotatable bonds is 7. The SMILES string of the molecule is CCOC(=O)NC1CCCN(CC(=O)NCc2ccc(N(C)C)cc2)C1. The minimum Gasteiger partial charge on any atom is -0.450 e. The molecule has 1 atom stereocenters. The van der Waals surface area contributed by atoms with Gasteiger partial charge in [-0.05, 0) is 44.0 Å². The number of carbonyl (C=O) groups excluding carboxylic acids is 2. The number of ether oxygens (including phenoxy) is 1. The third-order valence-electron chi connectivity index (χ3n) is 4.41. The average Bonchev–Trinajstić information content (AvgIpc) is 2.61. The topological polar surface area (TPSA) is 73.9 Å². The molecule has 1 heterocycles. The van der Waals surface area contributed by atoms with E-state index in [1.54, 1.807) is 6.92 Å². The Hall–Kier alpha value is -2.28. The zero-order valence-electron chi connectivity index (χ0n) is 16.0. The number of alkyl carbamates (subject to hydrolysis) is 1. The molecule has 1 aliphatic rings. The third-order valence-corrected chi connectivity index (χ3v) is 4.41. The van der Waals surface area contributed by atoms with Crippen LogP contribution < -0.4 is 15.5 Å². The summed E-state index contributed by atoms with van der Waals surface area (Å²) in [4.78, 5) is 27.9. The molecular formula is C19H30N4O3. The van der Waals surface area contributed by atoms with Crippen molar-refractivity contribution in [2.45, 2.75) is 32.4 Å². The Morgan fingerprint density at radius 3 is 2.65 bits per heavy atom. The van der Waals surface area contributed by atoms with Gasteiger partial charge in [-0.2, -0.15) is 0 Å². The van der Waals surface area contributed by atoms with Gasteiger partial charge in [-0.25, -0.2) is 4.79 Å². The van der Waals surface area contributed by atoms with Gasteiger partial charge in [0.15, 0.2) is 0 Å². The summed E-state index contributed by atoms with van der Waals surface area (Å²) < 4.78 is 4.92. The average molecular weight is 362 g/mol. The van der Waals surface area contributed by atoms with Crippen LogP contribution in [0.15, 0.2) is 24.3 Å². The Bertz CT molecular complexity index is 589. The molecule has 2 N–H and O–H groups in total. The summed E-state index contributed by atoms with van der Waals surface area (Å²) in [5.41, 5.74) is 2.21. The Morgan fingerprint density at radius 2 is 2.00 bits per heavy atom. The van der Waals surface area contributed by atoms with E-state index in [0.717, 1.165) is 30.6 Å². The molecule has 1 fully saturated rings. The van der Waals surface area contributed by atoms with Crippen molar-refractivity contribution in [2.24, 2.45) is 0 Å². The molecule has 26 heavy (non-hydrogen) atoms. The van der Waals surface area contributed by atoms with Crippen molar-refractivity contribution in [3.05, 3.63) is 29.8 Å². The molecule has 2 rings (SSSR count). The first-order valence-electron chi connectivity index (χ1n) is 9.16. The van der Waals surface area contributed by atoms with Crippen LogP contribution >= 0.6 is 0 Å². The van der Waals surface area contributed by atoms with Crippen LogP contribution in [-0.4, -0.2) is 63.3 Å². The minimum atomic E-state index is -0.384. The molecule has 0 spiro atoms. The fourth-order valence-corrected chi connectivity index (χ4v) is 3.03. The zero-order chi connectivity index (χ0) is 18.9. The first-order valence-corrected chi connectivity index (χ1v) is 9.16. The maximum atomic E-state index is 12.2. The number of carbonyl (C=O) groups is 2. The molecular weight excluding hydrogens is 332 g/mol. The van der Waals surface area contributed by atoms with Gasteiger partial charge in [0.25, 0.3) is 0 Å². The van der Waals surface area contributed by atoms with Gasteiger partial charge in [0, 0.05) is 38.9 Å². The number of amides is 2. The smallest absolute Gasteiger partial charge is 0.407 e. The lowest BCUT2D eigenvalue weighted by Crippen LogP contribution is -2.50. The van der Waals surface area contributed by atoms with Crippen molar-refractivity contribution >= 4 is 17.7 Å². The Labute approximate surface area is 155 Å². The normalized spacial score (nSPS) is 17.4. The molecule has 1 aromatic rings. The van der Waals surface area contributed by atoms with E-state index in [2.05, 4.69) is 15.5 Å². The van der Waals surface area contributed by atoms with Crippen LogP contribution in [-0.2, 0) is 16.1 Å². The van der Waals surface area contributed by atoms with Crippen LogP contribution in [0.5, 0.6) is 0 Å². The minimum absolute atomic E-state index is 0.00142. The molecule has 2 amide bonds. The standard InChI is InChI=1S/C19H30N4O3/c1-4-26-19(25)21-16-6-5-11-23(13-16)14-18(24)20-12-15-7-9-17(10-8-15)22(2)3/h7-10,16H,4-6,11-14H2,1-3H3,(H,20,24)(H,21,25). The molecule has 7 heteroatoms. The summed E-state index contributed by atoms with van der Waals surface area (Å²) in [6, 6.07) is 8.16. The van der Waals surface area contributed by atoms with Crippen LogP contribution in [0, 0.1) is 0 Å². The quantitative estimate of drug-likeness (QED) is 0.770. The van der Waals surface area contributed by atoms with Crippen LogP contribution in [0.2, 0.25) is 0 Å². The molecule has 1 aromatic carbocycles. The highest BCUT2D eigenvalue weighted by Gasteiger charge is 2.23. The van der Waals surface area contributed by atoms with E-state index < -0.39 is 0 Å². The van der Waals surface area contributed by atoms with Gasteiger partial charge in [0.2, 0.25) is 5.91 Å². The van der Waals surface area contributed by atoms with E-state index in [0.29, 0.717) is 26.2 Å². The number of likely N-dealkylation sites (tertiary alicyclic amines) is 1. The predicted octanol–water partition coefficient (Wildman–Crippen LogP) is 1.58. The van der Waals surface area contributed by atoms with E-state index >= 15 is 0 Å². The highest BCUT2D eigenvalue weighted by atomic mass is 16.5. The molecule has 1 aliphatic heterocycles. The molecule has 7 nitrogen and oxygen atoms in total. The number of nitrogens with zero attached hydrogens (tertiary/aromatic N) is 2. The Morgan fingerprint density at radius 1 is 1.27 bits per heavy atom. The number of benzene rings is 1. The number of anilines is 1. The molecule has 1 saturated heterocycles. The van der Waals surface area contributed by atoms with Gasteiger partial charge in [-0.1, -0.05) is 12.1 Å². The van der Waals surface area contributed by atoms with Crippen LogP contribution in [0.4, 0.5) is 10.5 Å². The first-order chi connectivity index (χ1) is 12.5. The van der Waals surface area contributed by atoms with Gasteiger partial charge in [0.05, 0.1) is 13.2 Å². The van der Waals surface area contributed by atoms with Gasteiger partial charge in [-0.3, -0.25) is 9.69 Å². The zero-order valence-corrected chi connectivity index (χ0v) is 16.0. The molecule has 0 aliphatic carbocycles. The van der Waals surface area contributed by atoms with E-state index in [4.69, 9.17) is 4.74 Å². The van der Waals surface area contributed by atoms with Gasteiger partial charge in [-0.15, -0.1) is 0 Å². The maximum absolute atomic E-state index is 12.2. The number of hydrogen-bond acceptors (Lipinski definition) is 5. The van der Waals surface area contributed by atoms with Gasteiger partial charge in [0.1, 0.15) is 0 Å². The maximum Gasteiger partial charge on any atom is 0.407 e. The van der Waals surface area contributed by atoms with Gasteiger partial charge < -0.3 is 20.3 Å². The van der Waals surface area contributed by atoms with E-state index in [-0.39, 0.29) is 18.0 Å². The van der Waals surface area contributed by atoms with Crippen molar-refractivity contribution in [2.75, 3.05) is 45.2 Å². The largest absolute Gasteiger partial charge is 0.450 e. The summed E-state index contributed by atoms with van der Waals surface area (Å²) in [7, 11) is 4.00. The molecule has 0 bridgehead atoms. The second-order valence-corrected chi connectivity index (χ2v) is 6.78. The van der Waals surface area contributed by atoms with E-state index in [1.807, 2.05) is 43.3 Å². The number of hydrogen-bond donors (Lipinski definition) is 2. The highest BCUT2D eigenvalue weighted by Crippen LogP contribution is 2.12. The van der Waals surface area contributed by atoms with Crippen molar-refractivity contribution in [3.8, 4) is 0 Å². The fraction of sp³-hybridized carbons (Fsp3) is 0.579. The molecule has 1 unspecified atom stereocenters. The molecule has 0 radical (unpaired) electrons. The van der Waals surface area contributed by atoms with Crippen molar-refractivity contribution in [1.82, 2.24) is 15.5 Å². The Kier molecular flexibility index (Phi) is 7.72. The summed E-state index contributed by atoms with van der Waals surface area (Å²) >= 11 is 0.